The lowest BCUT2D eigenvalue weighted by Crippen LogP contribution is -2.23. The van der Waals surface area contributed by atoms with Crippen molar-refractivity contribution in [3.8, 4) is 0 Å². The number of hydrogen-bond donors (Lipinski definition) is 2. The van der Waals surface area contributed by atoms with E-state index >= 15 is 0 Å². The van der Waals surface area contributed by atoms with E-state index in [9.17, 15) is 4.79 Å². The van der Waals surface area contributed by atoms with Crippen LogP contribution in [0.5, 0.6) is 0 Å². The highest BCUT2D eigenvalue weighted by Gasteiger charge is 2.12. The summed E-state index contributed by atoms with van der Waals surface area (Å²) in [6.07, 6.45) is 3.45. The molecule has 0 fully saturated rings. The molecule has 0 radical (unpaired) electrons. The monoisotopic (exact) mass is 241 g/mol. The maximum atomic E-state index is 11.4. The van der Waals surface area contributed by atoms with Gasteiger partial charge in [0.25, 0.3) is 5.91 Å². The Morgan fingerprint density at radius 3 is 2.83 bits per heavy atom. The summed E-state index contributed by atoms with van der Waals surface area (Å²) in [5, 5.41) is 10.8. The van der Waals surface area contributed by atoms with E-state index in [1.54, 1.807) is 17.9 Å². The van der Waals surface area contributed by atoms with Gasteiger partial charge in [0.1, 0.15) is 6.54 Å². The van der Waals surface area contributed by atoms with Crippen molar-refractivity contribution < 1.29 is 10.0 Å². The van der Waals surface area contributed by atoms with E-state index in [-0.39, 0.29) is 6.54 Å². The molecule has 2 N–H and O–H groups in total. The van der Waals surface area contributed by atoms with Crippen molar-refractivity contribution in [1.29, 1.82) is 0 Å². The molecule has 0 atom stereocenters. The fourth-order valence-corrected chi connectivity index (χ4v) is 2.24. The average molecular weight is 241 g/mol. The van der Waals surface area contributed by atoms with Crippen LogP contribution in [0.2, 0.25) is 0 Å². The first-order valence-electron chi connectivity index (χ1n) is 5.55. The summed E-state index contributed by atoms with van der Waals surface area (Å²) < 4.78 is 1.84. The predicted octanol–water partition coefficient (Wildman–Crippen LogP) is 1.69. The number of nitrogens with zero attached hydrogens (tertiary/aromatic N) is 2. The molecule has 90 valence electrons. The van der Waals surface area contributed by atoms with E-state index in [4.69, 9.17) is 5.21 Å². The van der Waals surface area contributed by atoms with Crippen LogP contribution in [0, 0.1) is 0 Å². The van der Waals surface area contributed by atoms with Crippen LogP contribution in [0.25, 0.3) is 21.8 Å². The van der Waals surface area contributed by atoms with Gasteiger partial charge >= 0.3 is 0 Å². The first kappa shape index (κ1) is 10.7. The summed E-state index contributed by atoms with van der Waals surface area (Å²) >= 11 is 0. The van der Waals surface area contributed by atoms with Crippen LogP contribution in [-0.4, -0.2) is 20.7 Å². The van der Waals surface area contributed by atoms with Crippen molar-refractivity contribution in [2.24, 2.45) is 0 Å². The highest BCUT2D eigenvalue weighted by molar-refractivity contribution is 6.08. The first-order valence-corrected chi connectivity index (χ1v) is 5.55. The van der Waals surface area contributed by atoms with Gasteiger partial charge in [0.15, 0.2) is 0 Å². The number of hydrogen-bond acceptors (Lipinski definition) is 3. The molecule has 0 aliphatic carbocycles. The van der Waals surface area contributed by atoms with Crippen molar-refractivity contribution in [1.82, 2.24) is 15.0 Å². The van der Waals surface area contributed by atoms with Crippen molar-refractivity contribution in [2.45, 2.75) is 6.54 Å². The molecule has 0 aliphatic heterocycles. The molecule has 0 spiro atoms. The predicted molar refractivity (Wildman–Crippen MR) is 67.2 cm³/mol. The molecular formula is C13H11N3O2. The number of aromatic nitrogens is 2. The fourth-order valence-electron chi connectivity index (χ4n) is 2.24. The van der Waals surface area contributed by atoms with Crippen LogP contribution >= 0.6 is 0 Å². The zero-order chi connectivity index (χ0) is 12.5. The number of para-hydroxylation sites is 1. The molecule has 0 unspecified atom stereocenters. The third kappa shape index (κ3) is 1.53. The summed E-state index contributed by atoms with van der Waals surface area (Å²) in [7, 11) is 0. The van der Waals surface area contributed by atoms with Crippen molar-refractivity contribution in [3.63, 3.8) is 0 Å². The Labute approximate surface area is 103 Å². The molecular weight excluding hydrogens is 230 g/mol. The van der Waals surface area contributed by atoms with Crippen LogP contribution < -0.4 is 5.48 Å². The van der Waals surface area contributed by atoms with Gasteiger partial charge in [-0.15, -0.1) is 0 Å². The minimum Gasteiger partial charge on any atom is -0.330 e. The van der Waals surface area contributed by atoms with Gasteiger partial charge in [0, 0.05) is 22.5 Å². The second-order valence-corrected chi connectivity index (χ2v) is 4.03. The van der Waals surface area contributed by atoms with Crippen LogP contribution in [-0.2, 0) is 11.3 Å². The summed E-state index contributed by atoms with van der Waals surface area (Å²) in [6, 6.07) is 9.75. The number of benzene rings is 1. The Balaban J connectivity index is 2.34. The van der Waals surface area contributed by atoms with Gasteiger partial charge in [-0.3, -0.25) is 15.0 Å². The minimum atomic E-state index is -0.457. The topological polar surface area (TPSA) is 67.2 Å². The summed E-state index contributed by atoms with van der Waals surface area (Å²) in [6.45, 7) is 0.0617. The molecule has 3 rings (SSSR count). The molecule has 0 aliphatic rings. The smallest absolute Gasteiger partial charge is 0.263 e. The SMILES string of the molecule is O=C(Cn1c2ccccc2c2ccncc21)NO. The Kier molecular flexibility index (Phi) is 2.46. The van der Waals surface area contributed by atoms with E-state index in [0.29, 0.717) is 0 Å². The number of carbonyl (C=O) groups is 1. The highest BCUT2D eigenvalue weighted by atomic mass is 16.5. The second kappa shape index (κ2) is 4.12. The Bertz CT molecular complexity index is 680. The number of nitrogens with one attached hydrogen (secondary N) is 1. The van der Waals surface area contributed by atoms with Gasteiger partial charge in [-0.05, 0) is 12.1 Å². The van der Waals surface area contributed by atoms with Gasteiger partial charge in [0.2, 0.25) is 0 Å². The number of amides is 1. The molecule has 1 aromatic carbocycles. The maximum Gasteiger partial charge on any atom is 0.263 e. The van der Waals surface area contributed by atoms with E-state index in [2.05, 4.69) is 4.98 Å². The zero-order valence-corrected chi connectivity index (χ0v) is 9.50. The van der Waals surface area contributed by atoms with Crippen LogP contribution in [0.1, 0.15) is 0 Å². The van der Waals surface area contributed by atoms with E-state index < -0.39 is 5.91 Å². The van der Waals surface area contributed by atoms with Crippen molar-refractivity contribution in [2.75, 3.05) is 0 Å². The third-order valence-corrected chi connectivity index (χ3v) is 3.00. The Morgan fingerprint density at radius 1 is 1.22 bits per heavy atom. The fraction of sp³-hybridized carbons (Fsp3) is 0.0769. The molecule has 5 heteroatoms. The van der Waals surface area contributed by atoms with Gasteiger partial charge in [-0.1, -0.05) is 18.2 Å². The van der Waals surface area contributed by atoms with Crippen LogP contribution in [0.4, 0.5) is 0 Å². The minimum absolute atomic E-state index is 0.0617. The lowest BCUT2D eigenvalue weighted by Gasteiger charge is -2.04. The third-order valence-electron chi connectivity index (χ3n) is 3.00. The molecule has 0 saturated carbocycles. The molecule has 0 bridgehead atoms. The van der Waals surface area contributed by atoms with E-state index in [1.165, 1.54) is 0 Å². The van der Waals surface area contributed by atoms with E-state index in [1.807, 2.05) is 34.9 Å². The first-order chi connectivity index (χ1) is 8.81. The molecule has 2 heterocycles. The van der Waals surface area contributed by atoms with Gasteiger partial charge in [-0.2, -0.15) is 0 Å². The molecule has 1 amide bonds. The number of hydroxylamine groups is 1. The molecule has 0 saturated heterocycles. The normalized spacial score (nSPS) is 10.9. The second-order valence-electron chi connectivity index (χ2n) is 4.03. The molecule has 2 aromatic heterocycles. The lowest BCUT2D eigenvalue weighted by molar-refractivity contribution is -0.129. The summed E-state index contributed by atoms with van der Waals surface area (Å²) in [5.41, 5.74) is 3.48. The summed E-state index contributed by atoms with van der Waals surface area (Å²) in [4.78, 5) is 15.5. The Hall–Kier alpha value is -2.40. The van der Waals surface area contributed by atoms with Crippen LogP contribution in [0.3, 0.4) is 0 Å². The number of pyridine rings is 1. The number of fused-ring (bicyclic) bond motifs is 3. The lowest BCUT2D eigenvalue weighted by atomic mass is 10.2. The molecule has 3 aromatic rings. The summed E-state index contributed by atoms with van der Waals surface area (Å²) in [5.74, 6) is -0.457. The standard InChI is InChI=1S/C13H11N3O2/c17-13(15-18)8-16-11-4-2-1-3-9(11)10-5-6-14-7-12(10)16/h1-7,18H,8H2,(H,15,17). The Morgan fingerprint density at radius 2 is 2.00 bits per heavy atom. The number of carbonyl (C=O) groups excluding carboxylic acids is 1. The quantitative estimate of drug-likeness (QED) is 0.530. The molecule has 18 heavy (non-hydrogen) atoms. The average Bonchev–Trinajstić information content (AvgIpc) is 2.74. The largest absolute Gasteiger partial charge is 0.330 e. The van der Waals surface area contributed by atoms with Crippen molar-refractivity contribution in [3.05, 3.63) is 42.7 Å². The maximum absolute atomic E-state index is 11.4. The van der Waals surface area contributed by atoms with Crippen LogP contribution in [0.15, 0.2) is 42.7 Å². The van der Waals surface area contributed by atoms with E-state index in [0.717, 1.165) is 21.8 Å². The van der Waals surface area contributed by atoms with Gasteiger partial charge in [0.05, 0.1) is 11.7 Å². The molecule has 5 nitrogen and oxygen atoms in total. The highest BCUT2D eigenvalue weighted by Crippen LogP contribution is 2.27. The van der Waals surface area contributed by atoms with Gasteiger partial charge in [-0.25, -0.2) is 5.48 Å². The van der Waals surface area contributed by atoms with Gasteiger partial charge < -0.3 is 4.57 Å². The zero-order valence-electron chi connectivity index (χ0n) is 9.50. The number of rotatable bonds is 2. The van der Waals surface area contributed by atoms with Crippen molar-refractivity contribution >= 4 is 27.7 Å².